The van der Waals surface area contributed by atoms with Crippen LogP contribution < -0.4 is 0 Å². The Morgan fingerprint density at radius 2 is 2.21 bits per heavy atom. The standard InChI is InChI=1S/C14H21N5/c1-4-19-11(3)13(10(2)17-19)9-18-6-5-14-12(8-18)7-15-16-14/h7H,4-6,8-9H2,1-3H3,(H,15,16). The maximum absolute atomic E-state index is 4.60. The SMILES string of the molecule is CCn1nc(C)c(CN2CCc3[nH]ncc3C2)c1C. The second-order valence-corrected chi connectivity index (χ2v) is 5.30. The Kier molecular flexibility index (Phi) is 3.14. The molecule has 0 unspecified atom stereocenters. The van der Waals surface area contributed by atoms with Crippen molar-refractivity contribution in [2.75, 3.05) is 6.54 Å². The topological polar surface area (TPSA) is 49.7 Å². The van der Waals surface area contributed by atoms with Crippen molar-refractivity contribution in [1.29, 1.82) is 0 Å². The van der Waals surface area contributed by atoms with E-state index < -0.39 is 0 Å². The molecule has 3 rings (SSSR count). The molecule has 0 bridgehead atoms. The van der Waals surface area contributed by atoms with Crippen molar-refractivity contribution in [3.05, 3.63) is 34.4 Å². The first-order chi connectivity index (χ1) is 9.19. The van der Waals surface area contributed by atoms with E-state index in [1.54, 1.807) is 0 Å². The third-order valence-electron chi connectivity index (χ3n) is 4.09. The molecule has 0 radical (unpaired) electrons. The van der Waals surface area contributed by atoms with Crippen LogP contribution in [0.2, 0.25) is 0 Å². The summed E-state index contributed by atoms with van der Waals surface area (Å²) in [5, 5.41) is 11.8. The Bertz CT molecular complexity index is 581. The molecule has 0 saturated heterocycles. The zero-order valence-corrected chi connectivity index (χ0v) is 11.9. The quantitative estimate of drug-likeness (QED) is 0.914. The summed E-state index contributed by atoms with van der Waals surface area (Å²) in [6.45, 7) is 10.4. The summed E-state index contributed by atoms with van der Waals surface area (Å²) < 4.78 is 2.10. The molecule has 3 heterocycles. The Labute approximate surface area is 113 Å². The normalized spacial score (nSPS) is 15.7. The molecule has 2 aromatic heterocycles. The monoisotopic (exact) mass is 259 g/mol. The largest absolute Gasteiger partial charge is 0.294 e. The highest BCUT2D eigenvalue weighted by atomic mass is 15.3. The minimum absolute atomic E-state index is 0.943. The lowest BCUT2D eigenvalue weighted by atomic mass is 10.1. The van der Waals surface area contributed by atoms with Gasteiger partial charge in [0.05, 0.1) is 11.9 Å². The minimum Gasteiger partial charge on any atom is -0.294 e. The van der Waals surface area contributed by atoms with Gasteiger partial charge in [-0.2, -0.15) is 10.2 Å². The van der Waals surface area contributed by atoms with Crippen molar-refractivity contribution in [3.8, 4) is 0 Å². The van der Waals surface area contributed by atoms with Gasteiger partial charge in [0.1, 0.15) is 0 Å². The smallest absolute Gasteiger partial charge is 0.0641 e. The third-order valence-corrected chi connectivity index (χ3v) is 4.09. The number of fused-ring (bicyclic) bond motifs is 1. The van der Waals surface area contributed by atoms with Crippen LogP contribution in [0.4, 0.5) is 0 Å². The first-order valence-electron chi connectivity index (χ1n) is 6.95. The molecule has 2 aromatic rings. The number of aromatic amines is 1. The molecule has 0 saturated carbocycles. The van der Waals surface area contributed by atoms with Gasteiger partial charge >= 0.3 is 0 Å². The first kappa shape index (κ1) is 12.4. The molecule has 0 spiro atoms. The average Bonchev–Trinajstić information content (AvgIpc) is 2.97. The molecular weight excluding hydrogens is 238 g/mol. The van der Waals surface area contributed by atoms with Crippen molar-refractivity contribution in [2.45, 2.75) is 46.8 Å². The second-order valence-electron chi connectivity index (χ2n) is 5.30. The van der Waals surface area contributed by atoms with Crippen LogP contribution in [0, 0.1) is 13.8 Å². The van der Waals surface area contributed by atoms with Gasteiger partial charge in [0.2, 0.25) is 0 Å². The van der Waals surface area contributed by atoms with Crippen molar-refractivity contribution in [1.82, 2.24) is 24.9 Å². The summed E-state index contributed by atoms with van der Waals surface area (Å²) in [6, 6.07) is 0. The van der Waals surface area contributed by atoms with Gasteiger partial charge in [0.15, 0.2) is 0 Å². The predicted molar refractivity (Wildman–Crippen MR) is 73.8 cm³/mol. The summed E-state index contributed by atoms with van der Waals surface area (Å²) in [7, 11) is 0. The van der Waals surface area contributed by atoms with E-state index in [0.29, 0.717) is 0 Å². The highest BCUT2D eigenvalue weighted by Crippen LogP contribution is 2.21. The highest BCUT2D eigenvalue weighted by molar-refractivity contribution is 5.25. The number of nitrogens with zero attached hydrogens (tertiary/aromatic N) is 4. The molecule has 0 aliphatic carbocycles. The van der Waals surface area contributed by atoms with E-state index in [9.17, 15) is 0 Å². The summed E-state index contributed by atoms with van der Waals surface area (Å²) in [4.78, 5) is 2.48. The Hall–Kier alpha value is -1.62. The maximum atomic E-state index is 4.60. The number of nitrogens with one attached hydrogen (secondary N) is 1. The molecule has 1 aliphatic rings. The lowest BCUT2D eigenvalue weighted by molar-refractivity contribution is 0.243. The molecular formula is C14H21N5. The van der Waals surface area contributed by atoms with Crippen LogP contribution in [0.5, 0.6) is 0 Å². The number of aromatic nitrogens is 4. The van der Waals surface area contributed by atoms with Crippen LogP contribution in [0.3, 0.4) is 0 Å². The van der Waals surface area contributed by atoms with E-state index in [0.717, 1.165) is 38.3 Å². The molecule has 0 aromatic carbocycles. The van der Waals surface area contributed by atoms with Gasteiger partial charge in [-0.05, 0) is 20.8 Å². The lowest BCUT2D eigenvalue weighted by Crippen LogP contribution is -2.30. The number of H-pyrrole nitrogens is 1. The Morgan fingerprint density at radius 3 is 2.95 bits per heavy atom. The van der Waals surface area contributed by atoms with Gasteiger partial charge in [-0.25, -0.2) is 0 Å². The van der Waals surface area contributed by atoms with Crippen LogP contribution in [0.25, 0.3) is 0 Å². The van der Waals surface area contributed by atoms with Gasteiger partial charge in [-0.1, -0.05) is 0 Å². The van der Waals surface area contributed by atoms with E-state index in [2.05, 4.69) is 45.6 Å². The van der Waals surface area contributed by atoms with E-state index in [1.165, 1.54) is 22.5 Å². The second kappa shape index (κ2) is 4.81. The van der Waals surface area contributed by atoms with E-state index in [-0.39, 0.29) is 0 Å². The molecule has 5 nitrogen and oxygen atoms in total. The number of aryl methyl sites for hydroxylation is 2. The number of hydrogen-bond donors (Lipinski definition) is 1. The predicted octanol–water partition coefficient (Wildman–Crippen LogP) is 1.80. The Balaban J connectivity index is 1.78. The number of rotatable bonds is 3. The summed E-state index contributed by atoms with van der Waals surface area (Å²) in [5.41, 5.74) is 6.49. The molecule has 0 fully saturated rings. The van der Waals surface area contributed by atoms with Crippen LogP contribution >= 0.6 is 0 Å². The van der Waals surface area contributed by atoms with E-state index in [4.69, 9.17) is 0 Å². The van der Waals surface area contributed by atoms with E-state index in [1.807, 2.05) is 6.20 Å². The summed E-state index contributed by atoms with van der Waals surface area (Å²) >= 11 is 0. The fraction of sp³-hybridized carbons (Fsp3) is 0.571. The molecule has 102 valence electrons. The molecule has 19 heavy (non-hydrogen) atoms. The van der Waals surface area contributed by atoms with Crippen molar-refractivity contribution in [2.24, 2.45) is 0 Å². The molecule has 5 heteroatoms. The van der Waals surface area contributed by atoms with Crippen molar-refractivity contribution in [3.63, 3.8) is 0 Å². The van der Waals surface area contributed by atoms with Crippen LogP contribution in [0.15, 0.2) is 6.20 Å². The number of hydrogen-bond acceptors (Lipinski definition) is 3. The molecule has 0 amide bonds. The molecule has 0 atom stereocenters. The van der Waals surface area contributed by atoms with Crippen LogP contribution in [0.1, 0.15) is 35.1 Å². The molecule has 1 N–H and O–H groups in total. The molecule has 1 aliphatic heterocycles. The third kappa shape index (κ3) is 2.18. The zero-order valence-electron chi connectivity index (χ0n) is 11.9. The van der Waals surface area contributed by atoms with Gasteiger partial charge < -0.3 is 0 Å². The maximum Gasteiger partial charge on any atom is 0.0641 e. The van der Waals surface area contributed by atoms with Crippen LogP contribution in [-0.4, -0.2) is 31.4 Å². The zero-order chi connectivity index (χ0) is 13.4. The summed E-state index contributed by atoms with van der Waals surface area (Å²) in [6.07, 6.45) is 3.02. The fourth-order valence-corrected chi connectivity index (χ4v) is 2.91. The lowest BCUT2D eigenvalue weighted by Gasteiger charge is -2.26. The average molecular weight is 259 g/mol. The Morgan fingerprint density at radius 1 is 1.37 bits per heavy atom. The van der Waals surface area contributed by atoms with Crippen molar-refractivity contribution >= 4 is 0 Å². The highest BCUT2D eigenvalue weighted by Gasteiger charge is 2.20. The fourth-order valence-electron chi connectivity index (χ4n) is 2.91. The van der Waals surface area contributed by atoms with Crippen LogP contribution in [-0.2, 0) is 26.1 Å². The van der Waals surface area contributed by atoms with Gasteiger partial charge in [0, 0.05) is 55.1 Å². The van der Waals surface area contributed by atoms with Gasteiger partial charge in [-0.15, -0.1) is 0 Å². The first-order valence-corrected chi connectivity index (χ1v) is 6.95. The van der Waals surface area contributed by atoms with Gasteiger partial charge in [0.25, 0.3) is 0 Å². The minimum atomic E-state index is 0.943. The van der Waals surface area contributed by atoms with Crippen molar-refractivity contribution < 1.29 is 0 Å². The van der Waals surface area contributed by atoms with E-state index >= 15 is 0 Å². The van der Waals surface area contributed by atoms with Gasteiger partial charge in [-0.3, -0.25) is 14.7 Å². The summed E-state index contributed by atoms with van der Waals surface area (Å²) in [5.74, 6) is 0.